The van der Waals surface area contributed by atoms with Crippen LogP contribution in [0, 0.1) is 5.92 Å². The van der Waals surface area contributed by atoms with Crippen LogP contribution in [0.3, 0.4) is 0 Å². The van der Waals surface area contributed by atoms with Crippen LogP contribution in [0.25, 0.3) is 0 Å². The van der Waals surface area contributed by atoms with Crippen LogP contribution in [-0.4, -0.2) is 25.4 Å². The maximum Gasteiger partial charge on any atom is 0.227 e. The number of rotatable bonds is 5. The minimum Gasteiger partial charge on any atom is -0.359 e. The molecule has 0 bridgehead atoms. The van der Waals surface area contributed by atoms with Gasteiger partial charge >= 0.3 is 0 Å². The Kier molecular flexibility index (Phi) is 5.39. The van der Waals surface area contributed by atoms with E-state index in [0.717, 1.165) is 23.6 Å². The summed E-state index contributed by atoms with van der Waals surface area (Å²) in [5.74, 6) is -0.339. The van der Waals surface area contributed by atoms with Gasteiger partial charge in [-0.05, 0) is 48.2 Å². The Bertz CT molecular complexity index is 774. The number of nitrogens with zero attached hydrogens (tertiary/aromatic N) is 1. The molecule has 0 radical (unpaired) electrons. The van der Waals surface area contributed by atoms with E-state index in [4.69, 9.17) is 11.6 Å². The number of amides is 2. The first-order chi connectivity index (χ1) is 12.1. The molecule has 0 unspecified atom stereocenters. The predicted octanol–water partition coefficient (Wildman–Crippen LogP) is 3.22. The largest absolute Gasteiger partial charge is 0.359 e. The highest BCUT2D eigenvalue weighted by molar-refractivity contribution is 6.30. The number of halogens is 1. The fourth-order valence-electron chi connectivity index (χ4n) is 3.16. The van der Waals surface area contributed by atoms with Crippen LogP contribution in [0.2, 0.25) is 5.02 Å². The van der Waals surface area contributed by atoms with Crippen LogP contribution < -0.4 is 10.2 Å². The molecule has 1 heterocycles. The van der Waals surface area contributed by atoms with E-state index in [9.17, 15) is 9.59 Å². The summed E-state index contributed by atoms with van der Waals surface area (Å²) in [7, 11) is 1.60. The van der Waals surface area contributed by atoms with Gasteiger partial charge in [0.2, 0.25) is 11.8 Å². The summed E-state index contributed by atoms with van der Waals surface area (Å²) in [5, 5.41) is 3.37. The summed E-state index contributed by atoms with van der Waals surface area (Å²) in [5.41, 5.74) is 3.26. The van der Waals surface area contributed by atoms with Crippen molar-refractivity contribution in [2.45, 2.75) is 19.3 Å². The molecule has 2 aromatic rings. The standard InChI is InChI=1S/C20H21ClN2O2/c1-22-20(25)16-12-19(24)23(13-16)18-9-7-14(8-10-18)5-6-15-3-2-4-17(21)11-15/h2-4,7-11,16H,5-6,12-13H2,1H3,(H,22,25)/t16-/m0/s1. The number of nitrogens with one attached hydrogen (secondary N) is 1. The van der Waals surface area contributed by atoms with E-state index < -0.39 is 0 Å². The van der Waals surface area contributed by atoms with Crippen molar-refractivity contribution < 1.29 is 9.59 Å². The normalized spacial score (nSPS) is 17.0. The van der Waals surface area contributed by atoms with Crippen molar-refractivity contribution in [3.63, 3.8) is 0 Å². The zero-order chi connectivity index (χ0) is 17.8. The van der Waals surface area contributed by atoms with Crippen LogP contribution >= 0.6 is 11.6 Å². The molecule has 0 aliphatic carbocycles. The molecular weight excluding hydrogens is 336 g/mol. The molecule has 1 saturated heterocycles. The van der Waals surface area contributed by atoms with Crippen molar-refractivity contribution in [3.8, 4) is 0 Å². The predicted molar refractivity (Wildman–Crippen MR) is 99.8 cm³/mol. The Morgan fingerprint density at radius 1 is 1.16 bits per heavy atom. The average Bonchev–Trinajstić information content (AvgIpc) is 3.01. The number of carbonyl (C=O) groups excluding carboxylic acids is 2. The van der Waals surface area contributed by atoms with Crippen LogP contribution in [0.1, 0.15) is 17.5 Å². The molecule has 25 heavy (non-hydrogen) atoms. The second-order valence-electron chi connectivity index (χ2n) is 6.32. The molecular formula is C20H21ClN2O2. The third-order valence-corrected chi connectivity index (χ3v) is 4.82. The summed E-state index contributed by atoms with van der Waals surface area (Å²) >= 11 is 6.01. The van der Waals surface area contributed by atoms with E-state index in [-0.39, 0.29) is 24.2 Å². The zero-order valence-corrected chi connectivity index (χ0v) is 14.9. The van der Waals surface area contributed by atoms with Crippen molar-refractivity contribution in [3.05, 3.63) is 64.7 Å². The van der Waals surface area contributed by atoms with Gasteiger partial charge in [-0.25, -0.2) is 0 Å². The third kappa shape index (κ3) is 4.20. The lowest BCUT2D eigenvalue weighted by molar-refractivity contribution is -0.125. The molecule has 1 aliphatic rings. The van der Waals surface area contributed by atoms with Gasteiger partial charge in [-0.2, -0.15) is 0 Å². The minimum absolute atomic E-state index is 0.000257. The van der Waals surface area contributed by atoms with Crippen LogP contribution in [0.5, 0.6) is 0 Å². The van der Waals surface area contributed by atoms with Crippen molar-refractivity contribution in [2.24, 2.45) is 5.92 Å². The molecule has 1 N–H and O–H groups in total. The first kappa shape index (κ1) is 17.5. The van der Waals surface area contributed by atoms with Crippen molar-refractivity contribution >= 4 is 29.1 Å². The van der Waals surface area contributed by atoms with E-state index >= 15 is 0 Å². The Hall–Kier alpha value is -2.33. The molecule has 1 atom stereocenters. The van der Waals surface area contributed by atoms with Crippen molar-refractivity contribution in [2.75, 3.05) is 18.5 Å². The van der Waals surface area contributed by atoms with Crippen LogP contribution in [0.15, 0.2) is 48.5 Å². The fourth-order valence-corrected chi connectivity index (χ4v) is 3.37. The van der Waals surface area contributed by atoms with Crippen molar-refractivity contribution in [1.82, 2.24) is 5.32 Å². The highest BCUT2D eigenvalue weighted by atomic mass is 35.5. The number of hydrogen-bond acceptors (Lipinski definition) is 2. The van der Waals surface area contributed by atoms with Crippen molar-refractivity contribution in [1.29, 1.82) is 0 Å². The number of benzene rings is 2. The quantitative estimate of drug-likeness (QED) is 0.894. The molecule has 3 rings (SSSR count). The molecule has 130 valence electrons. The van der Waals surface area contributed by atoms with E-state index in [1.165, 1.54) is 11.1 Å². The third-order valence-electron chi connectivity index (χ3n) is 4.58. The van der Waals surface area contributed by atoms with Gasteiger partial charge in [-0.15, -0.1) is 0 Å². The minimum atomic E-state index is -0.264. The molecule has 0 spiro atoms. The lowest BCUT2D eigenvalue weighted by Gasteiger charge is -2.17. The topological polar surface area (TPSA) is 49.4 Å². The SMILES string of the molecule is CNC(=O)[C@H]1CC(=O)N(c2ccc(CCc3cccc(Cl)c3)cc2)C1. The smallest absolute Gasteiger partial charge is 0.227 e. The van der Waals surface area contributed by atoms with Gasteiger partial charge < -0.3 is 10.2 Å². The Morgan fingerprint density at radius 2 is 1.88 bits per heavy atom. The lowest BCUT2D eigenvalue weighted by Crippen LogP contribution is -2.30. The summed E-state index contributed by atoms with van der Waals surface area (Å²) in [4.78, 5) is 25.6. The zero-order valence-electron chi connectivity index (χ0n) is 14.2. The average molecular weight is 357 g/mol. The summed E-state index contributed by atoms with van der Waals surface area (Å²) in [6.07, 6.45) is 2.10. The van der Waals surface area contributed by atoms with Gasteiger partial charge in [0.05, 0.1) is 5.92 Å². The van der Waals surface area contributed by atoms with Gasteiger partial charge in [-0.1, -0.05) is 35.9 Å². The molecule has 2 amide bonds. The van der Waals surface area contributed by atoms with Gasteiger partial charge in [0.25, 0.3) is 0 Å². The maximum absolute atomic E-state index is 12.2. The van der Waals surface area contributed by atoms with Gasteiger partial charge in [0.1, 0.15) is 0 Å². The number of hydrogen-bond donors (Lipinski definition) is 1. The Balaban J connectivity index is 1.62. The Morgan fingerprint density at radius 3 is 2.56 bits per heavy atom. The fraction of sp³-hybridized carbons (Fsp3) is 0.300. The van der Waals surface area contributed by atoms with E-state index in [1.807, 2.05) is 42.5 Å². The highest BCUT2D eigenvalue weighted by Crippen LogP contribution is 2.25. The summed E-state index contributed by atoms with van der Waals surface area (Å²) < 4.78 is 0. The number of aryl methyl sites for hydroxylation is 2. The molecule has 0 saturated carbocycles. The summed E-state index contributed by atoms with van der Waals surface area (Å²) in [6, 6.07) is 15.9. The molecule has 4 nitrogen and oxygen atoms in total. The first-order valence-electron chi connectivity index (χ1n) is 8.42. The highest BCUT2D eigenvalue weighted by Gasteiger charge is 2.34. The molecule has 0 aromatic heterocycles. The maximum atomic E-state index is 12.2. The lowest BCUT2D eigenvalue weighted by atomic mass is 10.0. The molecule has 1 fully saturated rings. The molecule has 2 aromatic carbocycles. The second-order valence-corrected chi connectivity index (χ2v) is 6.75. The molecule has 5 heteroatoms. The molecule has 1 aliphatic heterocycles. The monoisotopic (exact) mass is 356 g/mol. The van der Waals surface area contributed by atoms with E-state index in [1.54, 1.807) is 11.9 Å². The second kappa shape index (κ2) is 7.70. The van der Waals surface area contributed by atoms with Gasteiger partial charge in [-0.3, -0.25) is 9.59 Å². The van der Waals surface area contributed by atoms with E-state index in [0.29, 0.717) is 6.54 Å². The summed E-state index contributed by atoms with van der Waals surface area (Å²) in [6.45, 7) is 0.445. The number of anilines is 1. The van der Waals surface area contributed by atoms with Crippen LogP contribution in [-0.2, 0) is 22.4 Å². The Labute approximate surface area is 152 Å². The van der Waals surface area contributed by atoms with Crippen LogP contribution in [0.4, 0.5) is 5.69 Å². The van der Waals surface area contributed by atoms with Gasteiger partial charge in [0, 0.05) is 30.7 Å². The van der Waals surface area contributed by atoms with Gasteiger partial charge in [0.15, 0.2) is 0 Å². The number of carbonyl (C=O) groups is 2. The first-order valence-corrected chi connectivity index (χ1v) is 8.80. The van der Waals surface area contributed by atoms with E-state index in [2.05, 4.69) is 11.4 Å².